The average Bonchev–Trinajstić information content (AvgIpc) is 2.23. The maximum absolute atomic E-state index is 5.93. The maximum atomic E-state index is 5.93. The second kappa shape index (κ2) is 7.31. The molecule has 4 nitrogen and oxygen atoms in total. The Bertz CT molecular complexity index is 205. The van der Waals surface area contributed by atoms with Crippen LogP contribution in [0.25, 0.3) is 0 Å². The van der Waals surface area contributed by atoms with E-state index in [2.05, 4.69) is 43.1 Å². The second-order valence-electron chi connectivity index (χ2n) is 5.55. The lowest BCUT2D eigenvalue weighted by Crippen LogP contribution is -2.59. The summed E-state index contributed by atoms with van der Waals surface area (Å²) in [4.78, 5) is 4.73. The van der Waals surface area contributed by atoms with Crippen LogP contribution in [-0.4, -0.2) is 75.4 Å². The van der Waals surface area contributed by atoms with Crippen LogP contribution in [0.4, 0.5) is 0 Å². The van der Waals surface area contributed by atoms with Crippen LogP contribution in [0.5, 0.6) is 0 Å². The third-order valence-electron chi connectivity index (χ3n) is 3.26. The molecule has 0 aromatic carbocycles. The first-order valence-corrected chi connectivity index (χ1v) is 6.77. The molecule has 0 aliphatic carbocycles. The topological polar surface area (TPSA) is 27.7 Å². The summed E-state index contributed by atoms with van der Waals surface area (Å²) in [7, 11) is 4.25. The molecule has 0 unspecified atom stereocenters. The van der Waals surface area contributed by atoms with Crippen LogP contribution >= 0.6 is 0 Å². The largest absolute Gasteiger partial charge is 0.371 e. The summed E-state index contributed by atoms with van der Waals surface area (Å²) in [5.41, 5.74) is 0.0967. The quantitative estimate of drug-likeness (QED) is 0.643. The number of nitrogens with zero attached hydrogens (tertiary/aromatic N) is 2. The molecule has 0 spiro atoms. The lowest BCUT2D eigenvalue weighted by atomic mass is 10.0. The summed E-state index contributed by atoms with van der Waals surface area (Å²) in [6.45, 7) is 11.8. The van der Waals surface area contributed by atoms with Gasteiger partial charge in [0, 0.05) is 32.7 Å². The number of hydrogen-bond donors (Lipinski definition) is 1. The third-order valence-corrected chi connectivity index (χ3v) is 3.26. The van der Waals surface area contributed by atoms with Crippen molar-refractivity contribution in [2.45, 2.75) is 25.9 Å². The number of likely N-dealkylation sites (N-methyl/N-ethyl adjacent to an activating group) is 1. The molecule has 1 heterocycles. The lowest BCUT2D eigenvalue weighted by molar-refractivity contribution is -0.0722. The molecule has 1 saturated heterocycles. The number of hydrogen-bond acceptors (Lipinski definition) is 4. The fourth-order valence-corrected chi connectivity index (χ4v) is 1.99. The van der Waals surface area contributed by atoms with E-state index in [1.807, 2.05) is 0 Å². The molecule has 0 bridgehead atoms. The first kappa shape index (κ1) is 14.9. The van der Waals surface area contributed by atoms with Crippen molar-refractivity contribution in [1.82, 2.24) is 15.1 Å². The zero-order valence-corrected chi connectivity index (χ0v) is 12.0. The minimum atomic E-state index is 0.0967. The third kappa shape index (κ3) is 5.82. The van der Waals surface area contributed by atoms with Gasteiger partial charge in [0.25, 0.3) is 0 Å². The standard InChI is InChI=1S/C13H29N3O/c1-5-6-16(8-7-15(3)4)9-10-17-13(2)11-14-12-13/h14H,5-12H2,1-4H3. The van der Waals surface area contributed by atoms with Gasteiger partial charge < -0.3 is 15.0 Å². The molecule has 102 valence electrons. The highest BCUT2D eigenvalue weighted by Crippen LogP contribution is 2.14. The Balaban J connectivity index is 2.14. The van der Waals surface area contributed by atoms with E-state index in [0.29, 0.717) is 0 Å². The first-order valence-electron chi connectivity index (χ1n) is 6.77. The van der Waals surface area contributed by atoms with Crippen molar-refractivity contribution in [3.05, 3.63) is 0 Å². The Morgan fingerprint density at radius 2 is 1.82 bits per heavy atom. The second-order valence-corrected chi connectivity index (χ2v) is 5.55. The highest BCUT2D eigenvalue weighted by Gasteiger charge is 2.32. The van der Waals surface area contributed by atoms with Crippen LogP contribution in [0, 0.1) is 0 Å². The van der Waals surface area contributed by atoms with E-state index in [4.69, 9.17) is 4.74 Å². The Morgan fingerprint density at radius 3 is 2.29 bits per heavy atom. The molecule has 17 heavy (non-hydrogen) atoms. The van der Waals surface area contributed by atoms with Gasteiger partial charge >= 0.3 is 0 Å². The zero-order valence-electron chi connectivity index (χ0n) is 12.0. The monoisotopic (exact) mass is 243 g/mol. The Labute approximate surface area is 106 Å². The van der Waals surface area contributed by atoms with E-state index < -0.39 is 0 Å². The summed E-state index contributed by atoms with van der Waals surface area (Å²) >= 11 is 0. The smallest absolute Gasteiger partial charge is 0.0902 e. The van der Waals surface area contributed by atoms with Gasteiger partial charge in [-0.15, -0.1) is 0 Å². The van der Waals surface area contributed by atoms with Crippen LogP contribution in [0.1, 0.15) is 20.3 Å². The molecule has 1 N–H and O–H groups in total. The van der Waals surface area contributed by atoms with Gasteiger partial charge in [-0.25, -0.2) is 0 Å². The number of ether oxygens (including phenoxy) is 1. The molecule has 1 aliphatic heterocycles. The molecule has 1 aliphatic rings. The molecule has 1 rings (SSSR count). The van der Waals surface area contributed by atoms with Crippen LogP contribution < -0.4 is 5.32 Å². The molecule has 0 radical (unpaired) electrons. The molecule has 0 amide bonds. The van der Waals surface area contributed by atoms with Crippen molar-refractivity contribution in [2.75, 3.05) is 60.0 Å². The average molecular weight is 243 g/mol. The number of nitrogens with one attached hydrogen (secondary N) is 1. The van der Waals surface area contributed by atoms with Crippen LogP contribution in [0.15, 0.2) is 0 Å². The van der Waals surface area contributed by atoms with Gasteiger partial charge in [0.15, 0.2) is 0 Å². The minimum absolute atomic E-state index is 0.0967. The van der Waals surface area contributed by atoms with Crippen LogP contribution in [0.2, 0.25) is 0 Å². The molecule has 0 aromatic heterocycles. The first-order chi connectivity index (χ1) is 8.06. The summed E-state index contributed by atoms with van der Waals surface area (Å²) in [6, 6.07) is 0. The summed E-state index contributed by atoms with van der Waals surface area (Å²) in [5, 5.41) is 3.26. The van der Waals surface area contributed by atoms with Gasteiger partial charge in [-0.2, -0.15) is 0 Å². The van der Waals surface area contributed by atoms with E-state index in [-0.39, 0.29) is 5.60 Å². The van der Waals surface area contributed by atoms with E-state index in [1.165, 1.54) is 13.0 Å². The molecule has 1 fully saturated rings. The Morgan fingerprint density at radius 1 is 1.12 bits per heavy atom. The van der Waals surface area contributed by atoms with Gasteiger partial charge in [-0.1, -0.05) is 6.92 Å². The van der Waals surface area contributed by atoms with Gasteiger partial charge in [-0.05, 0) is 34.0 Å². The SMILES string of the molecule is CCCN(CCOC1(C)CNC1)CCN(C)C. The van der Waals surface area contributed by atoms with Crippen molar-refractivity contribution in [1.29, 1.82) is 0 Å². The van der Waals surface area contributed by atoms with Crippen molar-refractivity contribution in [3.8, 4) is 0 Å². The highest BCUT2D eigenvalue weighted by molar-refractivity contribution is 4.90. The van der Waals surface area contributed by atoms with Crippen LogP contribution in [0.3, 0.4) is 0 Å². The lowest BCUT2D eigenvalue weighted by Gasteiger charge is -2.39. The summed E-state index contributed by atoms with van der Waals surface area (Å²) in [5.74, 6) is 0. The van der Waals surface area contributed by atoms with Gasteiger partial charge in [0.1, 0.15) is 0 Å². The van der Waals surface area contributed by atoms with E-state index in [9.17, 15) is 0 Å². The normalized spacial score (nSPS) is 18.7. The van der Waals surface area contributed by atoms with Crippen molar-refractivity contribution in [2.24, 2.45) is 0 Å². The zero-order chi connectivity index (χ0) is 12.7. The van der Waals surface area contributed by atoms with Crippen LogP contribution in [-0.2, 0) is 4.74 Å². The molecule has 0 saturated carbocycles. The van der Waals surface area contributed by atoms with Gasteiger partial charge in [0.05, 0.1) is 12.2 Å². The van der Waals surface area contributed by atoms with E-state index >= 15 is 0 Å². The highest BCUT2D eigenvalue weighted by atomic mass is 16.5. The molecule has 0 atom stereocenters. The van der Waals surface area contributed by atoms with Crippen molar-refractivity contribution >= 4 is 0 Å². The predicted octanol–water partition coefficient (Wildman–Crippen LogP) is 0.639. The minimum Gasteiger partial charge on any atom is -0.371 e. The molecule has 0 aromatic rings. The maximum Gasteiger partial charge on any atom is 0.0902 e. The number of rotatable bonds is 9. The van der Waals surface area contributed by atoms with E-state index in [0.717, 1.165) is 39.3 Å². The fraction of sp³-hybridized carbons (Fsp3) is 1.00. The molecular weight excluding hydrogens is 214 g/mol. The van der Waals surface area contributed by atoms with E-state index in [1.54, 1.807) is 0 Å². The van der Waals surface area contributed by atoms with Gasteiger partial charge in [0.2, 0.25) is 0 Å². The fourth-order valence-electron chi connectivity index (χ4n) is 1.99. The predicted molar refractivity (Wildman–Crippen MR) is 72.5 cm³/mol. The van der Waals surface area contributed by atoms with Gasteiger partial charge in [-0.3, -0.25) is 4.90 Å². The summed E-state index contributed by atoms with van der Waals surface area (Å²) in [6.07, 6.45) is 1.21. The Hall–Kier alpha value is -0.160. The van der Waals surface area contributed by atoms with Crippen molar-refractivity contribution in [3.63, 3.8) is 0 Å². The summed E-state index contributed by atoms with van der Waals surface area (Å²) < 4.78 is 5.93. The Kier molecular flexibility index (Phi) is 6.41. The van der Waals surface area contributed by atoms with Crippen molar-refractivity contribution < 1.29 is 4.74 Å². The molecule has 4 heteroatoms. The molecular formula is C13H29N3O.